The average molecular weight is 517 g/mol. The third kappa shape index (κ3) is 6.40. The van der Waals surface area contributed by atoms with Gasteiger partial charge in [0.2, 0.25) is 0 Å². The number of fused-ring (bicyclic) bond motifs is 1. The van der Waals surface area contributed by atoms with Crippen molar-refractivity contribution >= 4 is 27.4 Å². The van der Waals surface area contributed by atoms with Crippen molar-refractivity contribution in [2.24, 2.45) is 0 Å². The topological polar surface area (TPSA) is 80.0 Å². The molecule has 3 aromatic rings. The van der Waals surface area contributed by atoms with Gasteiger partial charge in [-0.15, -0.1) is 0 Å². The molecule has 33 heavy (non-hydrogen) atoms. The Morgan fingerprint density at radius 3 is 2.76 bits per heavy atom. The average Bonchev–Trinajstić information content (AvgIpc) is 3.19. The quantitative estimate of drug-likeness (QED) is 0.283. The number of carbonyl (C=O) groups is 1. The number of aliphatic hydroxyl groups is 1. The molecular formula is C25H33BrN4O3. The monoisotopic (exact) mass is 516 g/mol. The Labute approximate surface area is 203 Å². The lowest BCUT2D eigenvalue weighted by molar-refractivity contribution is -0.143. The van der Waals surface area contributed by atoms with Gasteiger partial charge in [-0.05, 0) is 79.3 Å². The molecule has 3 aromatic heterocycles. The van der Waals surface area contributed by atoms with Crippen molar-refractivity contribution in [1.29, 1.82) is 0 Å². The number of nitrogens with zero attached hydrogens (tertiary/aromatic N) is 4. The van der Waals surface area contributed by atoms with Gasteiger partial charge in [0.05, 0.1) is 24.4 Å². The number of likely N-dealkylation sites (N-methyl/N-ethyl adjacent to an activating group) is 1. The number of aromatic nitrogens is 3. The van der Waals surface area contributed by atoms with E-state index in [4.69, 9.17) is 9.84 Å². The molecule has 0 saturated carbocycles. The second-order valence-electron chi connectivity index (χ2n) is 8.14. The van der Waals surface area contributed by atoms with Crippen LogP contribution in [0.4, 0.5) is 0 Å². The van der Waals surface area contributed by atoms with Gasteiger partial charge >= 0.3 is 5.97 Å². The molecule has 0 fully saturated rings. The van der Waals surface area contributed by atoms with Crippen LogP contribution in [0, 0.1) is 0 Å². The third-order valence-corrected chi connectivity index (χ3v) is 6.11. The third-order valence-electron chi connectivity index (χ3n) is 5.68. The van der Waals surface area contributed by atoms with Crippen LogP contribution in [-0.4, -0.2) is 57.4 Å². The van der Waals surface area contributed by atoms with Crippen molar-refractivity contribution in [2.45, 2.75) is 52.5 Å². The summed E-state index contributed by atoms with van der Waals surface area (Å²) in [6, 6.07) is 6.35. The predicted molar refractivity (Wildman–Crippen MR) is 133 cm³/mol. The molecule has 3 heterocycles. The molecule has 0 unspecified atom stereocenters. The van der Waals surface area contributed by atoms with Crippen LogP contribution in [0.5, 0.6) is 0 Å². The number of pyridine rings is 1. The number of hydrogen-bond acceptors (Lipinski definition) is 6. The van der Waals surface area contributed by atoms with Crippen LogP contribution < -0.4 is 0 Å². The van der Waals surface area contributed by atoms with Crippen LogP contribution in [0.15, 0.2) is 35.1 Å². The number of aliphatic hydroxyl groups excluding tert-OH is 1. The van der Waals surface area contributed by atoms with Crippen molar-refractivity contribution in [2.75, 3.05) is 26.8 Å². The zero-order chi connectivity index (χ0) is 23.8. The number of ether oxygens (including phenoxy) is 1. The normalized spacial score (nSPS) is 11.5. The van der Waals surface area contributed by atoms with Crippen LogP contribution >= 0.6 is 15.9 Å². The molecule has 0 atom stereocenters. The zero-order valence-corrected chi connectivity index (χ0v) is 21.3. The van der Waals surface area contributed by atoms with Crippen LogP contribution in [0.2, 0.25) is 0 Å². The number of halogens is 1. The first-order valence-corrected chi connectivity index (χ1v) is 12.4. The summed E-state index contributed by atoms with van der Waals surface area (Å²) in [5.74, 6) is -0.149. The van der Waals surface area contributed by atoms with Crippen molar-refractivity contribution in [3.63, 3.8) is 0 Å². The molecule has 0 aliphatic rings. The fourth-order valence-electron chi connectivity index (χ4n) is 4.10. The van der Waals surface area contributed by atoms with Gasteiger partial charge in [0.15, 0.2) is 0 Å². The molecule has 8 heteroatoms. The molecule has 0 aromatic carbocycles. The molecule has 0 radical (unpaired) electrons. The maximum atomic E-state index is 11.8. The van der Waals surface area contributed by atoms with Crippen molar-refractivity contribution < 1.29 is 14.6 Å². The Morgan fingerprint density at radius 2 is 2.06 bits per heavy atom. The second kappa shape index (κ2) is 12.3. The summed E-state index contributed by atoms with van der Waals surface area (Å²) < 4.78 is 8.04. The fraction of sp³-hybridized carbons (Fsp3) is 0.480. The highest BCUT2D eigenvalue weighted by Gasteiger charge is 2.20. The summed E-state index contributed by atoms with van der Waals surface area (Å²) >= 11 is 3.57. The van der Waals surface area contributed by atoms with E-state index in [9.17, 15) is 9.90 Å². The van der Waals surface area contributed by atoms with E-state index in [-0.39, 0.29) is 12.6 Å². The Hall–Kier alpha value is -2.29. The summed E-state index contributed by atoms with van der Waals surface area (Å²) in [6.45, 7) is 5.66. The minimum absolute atomic E-state index is 0.0970. The van der Waals surface area contributed by atoms with Gasteiger partial charge in [0.1, 0.15) is 0 Å². The molecule has 178 valence electrons. The first-order valence-electron chi connectivity index (χ1n) is 11.6. The highest BCUT2D eigenvalue weighted by atomic mass is 79.9. The number of esters is 1. The SMILES string of the molecule is CCOC(=O)CCCCc1c(CN(C)CCO)nn2c(CC)ccc2c1-c1cncc(Br)c1. The van der Waals surface area contributed by atoms with Crippen LogP contribution in [0.25, 0.3) is 16.6 Å². The van der Waals surface area contributed by atoms with E-state index in [0.717, 1.165) is 63.8 Å². The Balaban J connectivity index is 2.08. The highest BCUT2D eigenvalue weighted by molar-refractivity contribution is 9.10. The minimum atomic E-state index is -0.149. The van der Waals surface area contributed by atoms with Crippen molar-refractivity contribution in [3.8, 4) is 11.1 Å². The maximum Gasteiger partial charge on any atom is 0.305 e. The summed E-state index contributed by atoms with van der Waals surface area (Å²) in [4.78, 5) is 18.3. The highest BCUT2D eigenvalue weighted by Crippen LogP contribution is 2.34. The molecule has 0 saturated heterocycles. The van der Waals surface area contributed by atoms with E-state index < -0.39 is 0 Å². The van der Waals surface area contributed by atoms with Crippen molar-refractivity contribution in [1.82, 2.24) is 19.5 Å². The summed E-state index contributed by atoms with van der Waals surface area (Å²) in [5.41, 5.74) is 6.51. The van der Waals surface area contributed by atoms with Gasteiger partial charge in [-0.25, -0.2) is 4.52 Å². The number of aryl methyl sites for hydroxylation is 1. The predicted octanol–water partition coefficient (Wildman–Crippen LogP) is 4.42. The summed E-state index contributed by atoms with van der Waals surface area (Å²) in [5, 5.41) is 14.5. The number of unbranched alkanes of at least 4 members (excludes halogenated alkanes) is 1. The molecule has 0 bridgehead atoms. The fourth-order valence-corrected chi connectivity index (χ4v) is 4.47. The molecular weight excluding hydrogens is 484 g/mol. The molecule has 0 aliphatic heterocycles. The lowest BCUT2D eigenvalue weighted by Crippen LogP contribution is -2.24. The molecule has 0 amide bonds. The van der Waals surface area contributed by atoms with Crippen LogP contribution in [0.1, 0.15) is 50.1 Å². The van der Waals surface area contributed by atoms with E-state index in [1.165, 1.54) is 0 Å². The zero-order valence-electron chi connectivity index (χ0n) is 19.7. The first kappa shape index (κ1) is 25.3. The summed E-state index contributed by atoms with van der Waals surface area (Å²) in [6.07, 6.45) is 7.37. The van der Waals surface area contributed by atoms with Gasteiger partial charge in [0.25, 0.3) is 0 Å². The van der Waals surface area contributed by atoms with Crippen molar-refractivity contribution in [3.05, 3.63) is 52.0 Å². The molecule has 1 N–H and O–H groups in total. The standard InChI is InChI=1S/C25H33BrN4O3/c1-4-20-10-11-23-25(18-14-19(26)16-27-15-18)21(8-6-7-9-24(32)33-5-2)22(28-30(20)23)17-29(3)12-13-31/h10-11,14-16,31H,4-9,12-13,17H2,1-3H3. The van der Waals surface area contributed by atoms with Gasteiger partial charge in [-0.2, -0.15) is 5.10 Å². The number of hydrogen-bond donors (Lipinski definition) is 1. The Bertz CT molecular complexity index is 1080. The molecule has 3 rings (SSSR count). The lowest BCUT2D eigenvalue weighted by Gasteiger charge is -2.21. The van der Waals surface area contributed by atoms with E-state index >= 15 is 0 Å². The Morgan fingerprint density at radius 1 is 1.24 bits per heavy atom. The van der Waals surface area contributed by atoms with Gasteiger partial charge < -0.3 is 9.84 Å². The Kier molecular flexibility index (Phi) is 9.41. The second-order valence-corrected chi connectivity index (χ2v) is 9.06. The van der Waals surface area contributed by atoms with Gasteiger partial charge in [0, 0.05) is 53.2 Å². The molecule has 7 nitrogen and oxygen atoms in total. The van der Waals surface area contributed by atoms with E-state index in [1.807, 2.05) is 24.7 Å². The van der Waals surface area contributed by atoms with Gasteiger partial charge in [-0.1, -0.05) is 6.92 Å². The summed E-state index contributed by atoms with van der Waals surface area (Å²) in [7, 11) is 1.99. The molecule has 0 aliphatic carbocycles. The maximum absolute atomic E-state index is 11.8. The molecule has 0 spiro atoms. The largest absolute Gasteiger partial charge is 0.466 e. The van der Waals surface area contributed by atoms with Gasteiger partial charge in [-0.3, -0.25) is 14.7 Å². The minimum Gasteiger partial charge on any atom is -0.466 e. The lowest BCUT2D eigenvalue weighted by atomic mass is 9.95. The number of rotatable bonds is 12. The van der Waals surface area contributed by atoms with Crippen LogP contribution in [0.3, 0.4) is 0 Å². The van der Waals surface area contributed by atoms with E-state index in [1.54, 1.807) is 6.20 Å². The van der Waals surface area contributed by atoms with E-state index in [2.05, 4.69) is 50.9 Å². The number of carbonyl (C=O) groups excluding carboxylic acids is 1. The van der Waals surface area contributed by atoms with E-state index in [0.29, 0.717) is 26.1 Å². The van der Waals surface area contributed by atoms with Crippen LogP contribution in [-0.2, 0) is 28.9 Å². The smallest absolute Gasteiger partial charge is 0.305 e. The first-order chi connectivity index (χ1) is 16.0.